The number of carbonyl (C=O) groups excluding carboxylic acids is 1. The zero-order valence-corrected chi connectivity index (χ0v) is 13.5. The third-order valence-electron chi connectivity index (χ3n) is 4.47. The third kappa shape index (κ3) is 3.83. The lowest BCUT2D eigenvalue weighted by Gasteiger charge is -2.33. The topological polar surface area (TPSA) is 29.5 Å². The summed E-state index contributed by atoms with van der Waals surface area (Å²) in [4.78, 5) is 14.3. The van der Waals surface area contributed by atoms with Crippen LogP contribution < -0.4 is 4.74 Å². The van der Waals surface area contributed by atoms with Gasteiger partial charge in [0.1, 0.15) is 11.9 Å². The molecule has 1 aliphatic heterocycles. The molecule has 1 aromatic rings. The molecule has 0 aromatic heterocycles. The van der Waals surface area contributed by atoms with Crippen molar-refractivity contribution >= 4 is 17.5 Å². The van der Waals surface area contributed by atoms with Crippen LogP contribution in [0, 0.1) is 5.92 Å². The minimum Gasteiger partial charge on any atom is -0.489 e. The van der Waals surface area contributed by atoms with Crippen LogP contribution in [0.15, 0.2) is 36.4 Å². The molecule has 2 aliphatic rings. The van der Waals surface area contributed by atoms with Crippen molar-refractivity contribution in [3.05, 3.63) is 41.4 Å². The van der Waals surface area contributed by atoms with Crippen LogP contribution in [0.5, 0.6) is 5.75 Å². The molecule has 0 bridgehead atoms. The number of piperidine rings is 1. The molecule has 1 heterocycles. The number of allylic oxidation sites excluding steroid dienone is 2. The molecule has 1 saturated heterocycles. The first kappa shape index (κ1) is 15.4. The van der Waals surface area contributed by atoms with Gasteiger partial charge in [0.05, 0.1) is 5.02 Å². The smallest absolute Gasteiger partial charge is 0.223 e. The monoisotopic (exact) mass is 319 g/mol. The molecule has 3 rings (SSSR count). The van der Waals surface area contributed by atoms with Crippen LogP contribution in [0.1, 0.15) is 32.1 Å². The van der Waals surface area contributed by atoms with E-state index in [9.17, 15) is 4.79 Å². The SMILES string of the molecule is O=C(C[C@H]1C=CCC1)N1CCC(Oc2ccccc2Cl)CC1. The molecule has 1 fully saturated rings. The summed E-state index contributed by atoms with van der Waals surface area (Å²) < 4.78 is 5.97. The van der Waals surface area contributed by atoms with Gasteiger partial charge in [-0.3, -0.25) is 4.79 Å². The summed E-state index contributed by atoms with van der Waals surface area (Å²) in [6, 6.07) is 7.56. The van der Waals surface area contributed by atoms with Crippen LogP contribution in [-0.2, 0) is 4.79 Å². The molecule has 0 saturated carbocycles. The van der Waals surface area contributed by atoms with Gasteiger partial charge in [-0.25, -0.2) is 0 Å². The third-order valence-corrected chi connectivity index (χ3v) is 4.79. The van der Waals surface area contributed by atoms with Crippen molar-refractivity contribution in [1.82, 2.24) is 4.90 Å². The average Bonchev–Trinajstić information content (AvgIpc) is 3.03. The number of hydrogen-bond acceptors (Lipinski definition) is 2. The van der Waals surface area contributed by atoms with Crippen molar-refractivity contribution in [3.8, 4) is 5.75 Å². The lowest BCUT2D eigenvalue weighted by Crippen LogP contribution is -2.42. The van der Waals surface area contributed by atoms with Crippen molar-refractivity contribution in [2.45, 2.75) is 38.2 Å². The summed E-state index contributed by atoms with van der Waals surface area (Å²) in [5, 5.41) is 0.647. The van der Waals surface area contributed by atoms with E-state index in [2.05, 4.69) is 12.2 Å². The molecule has 0 N–H and O–H groups in total. The number of para-hydroxylation sites is 1. The van der Waals surface area contributed by atoms with Gasteiger partial charge in [-0.2, -0.15) is 0 Å². The van der Waals surface area contributed by atoms with Gasteiger partial charge < -0.3 is 9.64 Å². The number of amides is 1. The molecule has 0 spiro atoms. The summed E-state index contributed by atoms with van der Waals surface area (Å²) in [5.74, 6) is 1.47. The van der Waals surface area contributed by atoms with E-state index in [1.807, 2.05) is 29.2 Å². The van der Waals surface area contributed by atoms with Gasteiger partial charge in [-0.15, -0.1) is 0 Å². The van der Waals surface area contributed by atoms with E-state index in [1.54, 1.807) is 0 Å². The van der Waals surface area contributed by atoms with Gasteiger partial charge in [-0.05, 0) is 30.9 Å². The van der Waals surface area contributed by atoms with Crippen LogP contribution in [-0.4, -0.2) is 30.0 Å². The van der Waals surface area contributed by atoms with Crippen LogP contribution in [0.3, 0.4) is 0 Å². The normalized spacial score (nSPS) is 22.0. The average molecular weight is 320 g/mol. The molecule has 118 valence electrons. The first-order valence-corrected chi connectivity index (χ1v) is 8.46. The molecule has 0 unspecified atom stereocenters. The number of halogens is 1. The molecule has 1 aliphatic carbocycles. The molecule has 1 aromatic carbocycles. The van der Waals surface area contributed by atoms with Gasteiger partial charge in [-0.1, -0.05) is 35.9 Å². The lowest BCUT2D eigenvalue weighted by molar-refractivity contribution is -0.133. The number of benzene rings is 1. The largest absolute Gasteiger partial charge is 0.489 e. The van der Waals surface area contributed by atoms with Crippen LogP contribution in [0.25, 0.3) is 0 Å². The Hall–Kier alpha value is -1.48. The maximum Gasteiger partial charge on any atom is 0.223 e. The van der Waals surface area contributed by atoms with Crippen LogP contribution in [0.4, 0.5) is 0 Å². The predicted octanol–water partition coefficient (Wildman–Crippen LogP) is 4.07. The summed E-state index contributed by atoms with van der Waals surface area (Å²) in [5.41, 5.74) is 0. The molecule has 0 radical (unpaired) electrons. The summed E-state index contributed by atoms with van der Waals surface area (Å²) in [6.07, 6.45) is 9.16. The highest BCUT2D eigenvalue weighted by molar-refractivity contribution is 6.32. The molecule has 22 heavy (non-hydrogen) atoms. The molecule has 4 heteroatoms. The van der Waals surface area contributed by atoms with Gasteiger partial charge in [0.15, 0.2) is 0 Å². The molecule has 1 amide bonds. The summed E-state index contributed by atoms with van der Waals surface area (Å²) in [6.45, 7) is 1.56. The highest BCUT2D eigenvalue weighted by Gasteiger charge is 2.25. The van der Waals surface area contributed by atoms with E-state index >= 15 is 0 Å². The maximum absolute atomic E-state index is 12.3. The Kier molecular flexibility index (Phi) is 5.04. The minimum atomic E-state index is 0.148. The maximum atomic E-state index is 12.3. The zero-order chi connectivity index (χ0) is 15.4. The van der Waals surface area contributed by atoms with Crippen molar-refractivity contribution in [3.63, 3.8) is 0 Å². The standard InChI is InChI=1S/C18H22ClNO2/c19-16-7-3-4-8-17(16)22-15-9-11-20(12-10-15)18(21)13-14-5-1-2-6-14/h1,3-5,7-8,14-15H,2,6,9-13H2/t14-/m0/s1. The summed E-state index contributed by atoms with van der Waals surface area (Å²) in [7, 11) is 0. The minimum absolute atomic E-state index is 0.148. The molecular weight excluding hydrogens is 298 g/mol. The first-order valence-electron chi connectivity index (χ1n) is 8.08. The van der Waals surface area contributed by atoms with Crippen molar-refractivity contribution in [2.24, 2.45) is 5.92 Å². The number of nitrogens with zero attached hydrogens (tertiary/aromatic N) is 1. The highest BCUT2D eigenvalue weighted by atomic mass is 35.5. The first-order chi connectivity index (χ1) is 10.7. The Bertz CT molecular complexity index is 550. The second kappa shape index (κ2) is 7.19. The van der Waals surface area contributed by atoms with Gasteiger partial charge >= 0.3 is 0 Å². The number of carbonyl (C=O) groups is 1. The Morgan fingerprint density at radius 2 is 2.00 bits per heavy atom. The van der Waals surface area contributed by atoms with Crippen LogP contribution in [0.2, 0.25) is 5.02 Å². The van der Waals surface area contributed by atoms with Crippen molar-refractivity contribution in [2.75, 3.05) is 13.1 Å². The second-order valence-corrected chi connectivity index (χ2v) is 6.51. The quantitative estimate of drug-likeness (QED) is 0.783. The highest BCUT2D eigenvalue weighted by Crippen LogP contribution is 2.27. The fraction of sp³-hybridized carbons (Fsp3) is 0.500. The van der Waals surface area contributed by atoms with Crippen molar-refractivity contribution < 1.29 is 9.53 Å². The van der Waals surface area contributed by atoms with E-state index in [0.29, 0.717) is 17.4 Å². The van der Waals surface area contributed by atoms with E-state index in [1.165, 1.54) is 0 Å². The lowest BCUT2D eigenvalue weighted by atomic mass is 10.0. The fourth-order valence-electron chi connectivity index (χ4n) is 3.16. The van der Waals surface area contributed by atoms with E-state index in [-0.39, 0.29) is 12.0 Å². The summed E-state index contributed by atoms with van der Waals surface area (Å²) >= 11 is 6.12. The zero-order valence-electron chi connectivity index (χ0n) is 12.7. The van der Waals surface area contributed by atoms with E-state index in [0.717, 1.165) is 44.5 Å². The molecular formula is C18H22ClNO2. The second-order valence-electron chi connectivity index (χ2n) is 6.10. The fourth-order valence-corrected chi connectivity index (χ4v) is 3.34. The van der Waals surface area contributed by atoms with Gasteiger partial charge in [0.25, 0.3) is 0 Å². The Labute approximate surface area is 136 Å². The Morgan fingerprint density at radius 1 is 1.23 bits per heavy atom. The number of hydrogen-bond donors (Lipinski definition) is 0. The Balaban J connectivity index is 1.47. The van der Waals surface area contributed by atoms with Gasteiger partial charge in [0.2, 0.25) is 5.91 Å². The molecule has 3 nitrogen and oxygen atoms in total. The van der Waals surface area contributed by atoms with E-state index < -0.39 is 0 Å². The van der Waals surface area contributed by atoms with E-state index in [4.69, 9.17) is 16.3 Å². The van der Waals surface area contributed by atoms with Gasteiger partial charge in [0, 0.05) is 32.4 Å². The Morgan fingerprint density at radius 3 is 2.68 bits per heavy atom. The number of ether oxygens (including phenoxy) is 1. The van der Waals surface area contributed by atoms with Crippen molar-refractivity contribution in [1.29, 1.82) is 0 Å². The predicted molar refractivity (Wildman–Crippen MR) is 88.2 cm³/mol. The number of likely N-dealkylation sites (tertiary alicyclic amines) is 1. The van der Waals surface area contributed by atoms with Crippen LogP contribution >= 0.6 is 11.6 Å². The number of rotatable bonds is 4. The molecule has 1 atom stereocenters.